The molecule has 1 atom stereocenters. The third-order valence-corrected chi connectivity index (χ3v) is 4.31. The predicted octanol–water partition coefficient (Wildman–Crippen LogP) is 1.68. The Kier molecular flexibility index (Phi) is 5.60. The molecule has 0 bridgehead atoms. The summed E-state index contributed by atoms with van der Waals surface area (Å²) in [6.45, 7) is 1.05. The summed E-state index contributed by atoms with van der Waals surface area (Å²) in [7, 11) is 0. The molecule has 0 unspecified atom stereocenters. The summed E-state index contributed by atoms with van der Waals surface area (Å²) >= 11 is 0. The topological polar surface area (TPSA) is 92.1 Å². The van der Waals surface area contributed by atoms with Gasteiger partial charge in [0.05, 0.1) is 12.6 Å². The maximum Gasteiger partial charge on any atom is 0.315 e. The largest absolute Gasteiger partial charge is 0.386 e. The molecule has 1 aromatic carbocycles. The van der Waals surface area contributed by atoms with E-state index in [1.165, 1.54) is 18.6 Å². The maximum absolute atomic E-state index is 13.6. The van der Waals surface area contributed by atoms with Crippen LogP contribution in [0, 0.1) is 5.82 Å². The number of nitrogens with one attached hydrogen (secondary N) is 2. The Hall–Kier alpha value is -2.48. The molecule has 7 nitrogen and oxygen atoms in total. The van der Waals surface area contributed by atoms with Crippen molar-refractivity contribution in [1.82, 2.24) is 25.4 Å². The van der Waals surface area contributed by atoms with Crippen molar-refractivity contribution in [1.29, 1.82) is 0 Å². The Morgan fingerprint density at radius 2 is 2.08 bits per heavy atom. The Morgan fingerprint density at radius 1 is 1.24 bits per heavy atom. The number of benzene rings is 1. The fourth-order valence-corrected chi connectivity index (χ4v) is 2.94. The van der Waals surface area contributed by atoms with Gasteiger partial charge in [-0.25, -0.2) is 9.18 Å². The van der Waals surface area contributed by atoms with E-state index in [0.717, 1.165) is 37.5 Å². The number of halogens is 1. The van der Waals surface area contributed by atoms with Gasteiger partial charge in [-0.05, 0) is 18.9 Å². The van der Waals surface area contributed by atoms with Crippen LogP contribution < -0.4 is 10.6 Å². The van der Waals surface area contributed by atoms with Gasteiger partial charge in [-0.3, -0.25) is 0 Å². The highest BCUT2D eigenvalue weighted by molar-refractivity contribution is 5.73. The lowest BCUT2D eigenvalue weighted by molar-refractivity contribution is 0.169. The van der Waals surface area contributed by atoms with Crippen LogP contribution in [-0.2, 0) is 19.5 Å². The molecule has 0 saturated heterocycles. The molecule has 3 N–H and O–H groups in total. The van der Waals surface area contributed by atoms with Crippen LogP contribution in [-0.4, -0.2) is 32.4 Å². The SMILES string of the molecule is O=C(NCc1nnc2n1CCCCC2)NC[C@@H](O)c1ccccc1F. The van der Waals surface area contributed by atoms with Gasteiger partial charge in [0, 0.05) is 25.1 Å². The number of rotatable bonds is 5. The lowest BCUT2D eigenvalue weighted by Crippen LogP contribution is -2.38. The molecule has 2 heterocycles. The quantitative estimate of drug-likeness (QED) is 0.767. The van der Waals surface area contributed by atoms with Crippen molar-refractivity contribution in [3.05, 3.63) is 47.3 Å². The minimum atomic E-state index is -1.10. The first-order valence-corrected chi connectivity index (χ1v) is 8.50. The first kappa shape index (κ1) is 17.3. The van der Waals surface area contributed by atoms with Crippen molar-refractivity contribution in [3.63, 3.8) is 0 Å². The third kappa shape index (κ3) is 4.33. The zero-order valence-corrected chi connectivity index (χ0v) is 13.9. The van der Waals surface area contributed by atoms with E-state index in [1.807, 2.05) is 0 Å². The van der Waals surface area contributed by atoms with Gasteiger partial charge in [0.25, 0.3) is 0 Å². The number of carbonyl (C=O) groups is 1. The van der Waals surface area contributed by atoms with Gasteiger partial charge in [0.15, 0.2) is 5.82 Å². The van der Waals surface area contributed by atoms with Crippen LogP contribution in [0.1, 0.15) is 42.6 Å². The van der Waals surface area contributed by atoms with Gasteiger partial charge in [0.2, 0.25) is 0 Å². The summed E-state index contributed by atoms with van der Waals surface area (Å²) in [5, 5.41) is 23.5. The van der Waals surface area contributed by atoms with Crippen molar-refractivity contribution in [2.45, 2.75) is 44.9 Å². The third-order valence-electron chi connectivity index (χ3n) is 4.31. The highest BCUT2D eigenvalue weighted by Crippen LogP contribution is 2.16. The van der Waals surface area contributed by atoms with Gasteiger partial charge in [-0.1, -0.05) is 24.6 Å². The normalized spacial score (nSPS) is 15.1. The van der Waals surface area contributed by atoms with Crippen LogP contribution in [0.4, 0.5) is 9.18 Å². The van der Waals surface area contributed by atoms with Gasteiger partial charge >= 0.3 is 6.03 Å². The molecular formula is C17H22FN5O2. The second kappa shape index (κ2) is 8.06. The summed E-state index contributed by atoms with van der Waals surface area (Å²) < 4.78 is 15.6. The van der Waals surface area contributed by atoms with Crippen molar-refractivity contribution < 1.29 is 14.3 Å². The molecular weight excluding hydrogens is 325 g/mol. The van der Waals surface area contributed by atoms with Gasteiger partial charge < -0.3 is 20.3 Å². The average Bonchev–Trinajstić information content (AvgIpc) is 2.84. The number of carbonyl (C=O) groups excluding carboxylic acids is 1. The van der Waals surface area contributed by atoms with E-state index in [4.69, 9.17) is 0 Å². The van der Waals surface area contributed by atoms with Crippen molar-refractivity contribution in [2.24, 2.45) is 0 Å². The molecule has 25 heavy (non-hydrogen) atoms. The fourth-order valence-electron chi connectivity index (χ4n) is 2.94. The number of fused-ring (bicyclic) bond motifs is 1. The van der Waals surface area contributed by atoms with E-state index >= 15 is 0 Å². The zero-order valence-electron chi connectivity index (χ0n) is 13.9. The second-order valence-corrected chi connectivity index (χ2v) is 6.10. The highest BCUT2D eigenvalue weighted by Gasteiger charge is 2.16. The van der Waals surface area contributed by atoms with E-state index in [2.05, 4.69) is 25.4 Å². The van der Waals surface area contributed by atoms with Gasteiger partial charge in [-0.15, -0.1) is 10.2 Å². The first-order chi connectivity index (χ1) is 12.1. The molecule has 8 heteroatoms. The highest BCUT2D eigenvalue weighted by atomic mass is 19.1. The number of hydrogen-bond donors (Lipinski definition) is 3. The molecule has 1 aromatic heterocycles. The second-order valence-electron chi connectivity index (χ2n) is 6.10. The molecule has 134 valence electrons. The van der Waals surface area contributed by atoms with E-state index in [1.54, 1.807) is 12.1 Å². The number of aliphatic hydroxyl groups excluding tert-OH is 1. The minimum Gasteiger partial charge on any atom is -0.386 e. The molecule has 3 rings (SSSR count). The number of urea groups is 1. The van der Waals surface area contributed by atoms with Gasteiger partial charge in [0.1, 0.15) is 11.6 Å². The molecule has 0 aliphatic carbocycles. The fraction of sp³-hybridized carbons (Fsp3) is 0.471. The van der Waals surface area contributed by atoms with Crippen LogP contribution in [0.2, 0.25) is 0 Å². The summed E-state index contributed by atoms with van der Waals surface area (Å²) in [6, 6.07) is 5.51. The molecule has 0 fully saturated rings. The number of aryl methyl sites for hydroxylation is 1. The van der Waals surface area contributed by atoms with Crippen LogP contribution >= 0.6 is 0 Å². The van der Waals surface area contributed by atoms with Crippen LogP contribution in [0.15, 0.2) is 24.3 Å². The van der Waals surface area contributed by atoms with Crippen LogP contribution in [0.25, 0.3) is 0 Å². The predicted molar refractivity (Wildman–Crippen MR) is 89.2 cm³/mol. The van der Waals surface area contributed by atoms with Crippen molar-refractivity contribution >= 4 is 6.03 Å². The number of hydrogen-bond acceptors (Lipinski definition) is 4. The van der Waals surface area contributed by atoms with E-state index < -0.39 is 18.0 Å². The first-order valence-electron chi connectivity index (χ1n) is 8.50. The molecule has 2 amide bonds. The number of aliphatic hydroxyl groups is 1. The molecule has 0 saturated carbocycles. The molecule has 0 spiro atoms. The Labute approximate surface area is 145 Å². The average molecular weight is 347 g/mol. The molecule has 1 aliphatic rings. The summed E-state index contributed by atoms with van der Waals surface area (Å²) in [5.41, 5.74) is 0.158. The summed E-state index contributed by atoms with van der Waals surface area (Å²) in [5.74, 6) is 1.19. The Balaban J connectivity index is 1.49. The summed E-state index contributed by atoms with van der Waals surface area (Å²) in [6.07, 6.45) is 3.17. The van der Waals surface area contributed by atoms with E-state index in [0.29, 0.717) is 0 Å². The van der Waals surface area contributed by atoms with Crippen LogP contribution in [0.5, 0.6) is 0 Å². The van der Waals surface area contributed by atoms with Crippen molar-refractivity contribution in [3.8, 4) is 0 Å². The number of amides is 2. The lowest BCUT2D eigenvalue weighted by atomic mass is 10.1. The Bertz CT molecular complexity index is 734. The van der Waals surface area contributed by atoms with Crippen LogP contribution in [0.3, 0.4) is 0 Å². The molecule has 0 radical (unpaired) electrons. The Morgan fingerprint density at radius 3 is 2.92 bits per heavy atom. The minimum absolute atomic E-state index is 0.0787. The van der Waals surface area contributed by atoms with E-state index in [9.17, 15) is 14.3 Å². The lowest BCUT2D eigenvalue weighted by Gasteiger charge is -2.14. The molecule has 1 aliphatic heterocycles. The van der Waals surface area contributed by atoms with E-state index in [-0.39, 0.29) is 18.7 Å². The zero-order chi connectivity index (χ0) is 17.6. The monoisotopic (exact) mass is 347 g/mol. The molecule has 2 aromatic rings. The maximum atomic E-state index is 13.6. The number of nitrogens with zero attached hydrogens (tertiary/aromatic N) is 3. The summed E-state index contributed by atoms with van der Waals surface area (Å²) in [4.78, 5) is 11.9. The van der Waals surface area contributed by atoms with Crippen molar-refractivity contribution in [2.75, 3.05) is 6.54 Å². The number of aromatic nitrogens is 3. The smallest absolute Gasteiger partial charge is 0.315 e. The standard InChI is InChI=1S/C17H22FN5O2/c18-13-7-4-3-6-12(13)14(24)10-19-17(25)20-11-16-22-21-15-8-2-1-5-9-23(15)16/h3-4,6-7,14,24H,1-2,5,8-11H2,(H2,19,20,25)/t14-/m1/s1. The van der Waals surface area contributed by atoms with Gasteiger partial charge in [-0.2, -0.15) is 0 Å².